The zero-order chi connectivity index (χ0) is 21.5. The van der Waals surface area contributed by atoms with Gasteiger partial charge in [0.15, 0.2) is 16.8 Å². The first kappa shape index (κ1) is 19.6. The van der Waals surface area contributed by atoms with Gasteiger partial charge in [-0.15, -0.1) is 5.10 Å². The summed E-state index contributed by atoms with van der Waals surface area (Å²) in [6, 6.07) is 12.6. The Balaban J connectivity index is 1.59. The summed E-state index contributed by atoms with van der Waals surface area (Å²) in [6.07, 6.45) is 1.73. The van der Waals surface area contributed by atoms with Crippen LogP contribution in [0.5, 0.6) is 0 Å². The molecule has 30 heavy (non-hydrogen) atoms. The number of amides is 1. The summed E-state index contributed by atoms with van der Waals surface area (Å²) in [4.78, 5) is 21.0. The quantitative estimate of drug-likeness (QED) is 0.594. The molecule has 0 saturated carbocycles. The maximum Gasteiger partial charge on any atom is 0.258 e. The predicted octanol–water partition coefficient (Wildman–Crippen LogP) is 2.15. The number of pyridine rings is 1. The number of hydrogen-bond donors (Lipinski definition) is 0. The second-order valence-corrected chi connectivity index (χ2v) is 7.75. The highest BCUT2D eigenvalue weighted by molar-refractivity contribution is 7.80. The molecule has 0 radical (unpaired) electrons. The van der Waals surface area contributed by atoms with Gasteiger partial charge in [0, 0.05) is 12.7 Å². The molecule has 1 fully saturated rings. The van der Waals surface area contributed by atoms with Crippen molar-refractivity contribution < 1.29 is 4.79 Å². The molecule has 0 bridgehead atoms. The third kappa shape index (κ3) is 3.19. The number of tetrazole rings is 1. The fourth-order valence-corrected chi connectivity index (χ4v) is 3.76. The van der Waals surface area contributed by atoms with Gasteiger partial charge in [-0.3, -0.25) is 9.69 Å². The molecule has 1 saturated heterocycles. The van der Waals surface area contributed by atoms with Gasteiger partial charge in [0.25, 0.3) is 5.91 Å². The maximum absolute atomic E-state index is 13.1. The molecule has 0 aliphatic carbocycles. The highest BCUT2D eigenvalue weighted by Gasteiger charge is 2.49. The second kappa shape index (κ2) is 7.27. The summed E-state index contributed by atoms with van der Waals surface area (Å²) in [6.45, 7) is 5.91. The summed E-state index contributed by atoms with van der Waals surface area (Å²) in [5, 5.41) is 20.8. The van der Waals surface area contributed by atoms with Crippen LogP contribution < -0.4 is 4.90 Å². The summed E-state index contributed by atoms with van der Waals surface area (Å²) in [7, 11) is 0. The van der Waals surface area contributed by atoms with Gasteiger partial charge in [0.1, 0.15) is 5.54 Å². The lowest BCUT2D eigenvalue weighted by molar-refractivity contribution is -0.123. The van der Waals surface area contributed by atoms with E-state index in [1.165, 1.54) is 4.90 Å². The van der Waals surface area contributed by atoms with Crippen LogP contribution in [0.4, 0.5) is 5.69 Å². The van der Waals surface area contributed by atoms with Gasteiger partial charge in [-0.05, 0) is 79.3 Å². The Labute approximate surface area is 178 Å². The Kier molecular flexibility index (Phi) is 4.75. The highest BCUT2D eigenvalue weighted by Crippen LogP contribution is 2.33. The molecular formula is C20H18N8OS. The fraction of sp³-hybridized carbons (Fsp3) is 0.250. The van der Waals surface area contributed by atoms with Gasteiger partial charge < -0.3 is 4.90 Å². The minimum Gasteiger partial charge on any atom is -0.330 e. The molecule has 2 aromatic heterocycles. The van der Waals surface area contributed by atoms with E-state index in [1.807, 2.05) is 30.9 Å². The maximum atomic E-state index is 13.1. The van der Waals surface area contributed by atoms with Crippen LogP contribution >= 0.6 is 12.2 Å². The smallest absolute Gasteiger partial charge is 0.258 e. The van der Waals surface area contributed by atoms with Crippen molar-refractivity contribution in [2.24, 2.45) is 0 Å². The number of carbonyl (C=O) groups excluding carboxylic acids is 1. The summed E-state index contributed by atoms with van der Waals surface area (Å²) < 4.78 is 1.55. The number of anilines is 1. The lowest BCUT2D eigenvalue weighted by atomic mass is 10.0. The van der Waals surface area contributed by atoms with Gasteiger partial charge in [0.2, 0.25) is 0 Å². The second-order valence-electron chi connectivity index (χ2n) is 7.39. The first-order chi connectivity index (χ1) is 14.3. The average molecular weight is 418 g/mol. The molecular weight excluding hydrogens is 400 g/mol. The number of nitriles is 1. The topological polar surface area (TPSA) is 104 Å². The Morgan fingerprint density at radius 1 is 1.17 bits per heavy atom. The van der Waals surface area contributed by atoms with Gasteiger partial charge in [-0.1, -0.05) is 6.07 Å². The number of benzene rings is 1. The first-order valence-corrected chi connectivity index (χ1v) is 9.60. The van der Waals surface area contributed by atoms with Crippen molar-refractivity contribution in [3.05, 3.63) is 59.5 Å². The third-order valence-electron chi connectivity index (χ3n) is 5.07. The van der Waals surface area contributed by atoms with E-state index in [0.717, 1.165) is 5.56 Å². The van der Waals surface area contributed by atoms with Gasteiger partial charge >= 0.3 is 0 Å². The Morgan fingerprint density at radius 2 is 1.90 bits per heavy atom. The number of aromatic nitrogens is 5. The van der Waals surface area contributed by atoms with Crippen molar-refractivity contribution in [1.82, 2.24) is 30.1 Å². The number of aryl methyl sites for hydroxylation is 1. The van der Waals surface area contributed by atoms with E-state index in [9.17, 15) is 4.79 Å². The van der Waals surface area contributed by atoms with E-state index in [1.54, 1.807) is 42.1 Å². The molecule has 4 rings (SSSR count). The molecule has 9 nitrogen and oxygen atoms in total. The molecule has 1 aromatic carbocycles. The van der Waals surface area contributed by atoms with Crippen LogP contribution in [0, 0.1) is 18.3 Å². The number of hydrogen-bond acceptors (Lipinski definition) is 7. The lowest BCUT2D eigenvalue weighted by Crippen LogP contribution is -2.43. The molecule has 1 amide bonds. The number of thiocarbonyl (C=S) groups is 1. The normalized spacial score (nSPS) is 15.5. The zero-order valence-corrected chi connectivity index (χ0v) is 17.5. The van der Waals surface area contributed by atoms with Gasteiger partial charge in [-0.25, -0.2) is 4.98 Å². The van der Waals surface area contributed by atoms with Crippen LogP contribution in [-0.2, 0) is 11.3 Å². The summed E-state index contributed by atoms with van der Waals surface area (Å²) in [5.74, 6) is 1.13. The van der Waals surface area contributed by atoms with Crippen LogP contribution in [0.1, 0.15) is 30.8 Å². The predicted molar refractivity (Wildman–Crippen MR) is 113 cm³/mol. The largest absolute Gasteiger partial charge is 0.330 e. The van der Waals surface area contributed by atoms with Crippen LogP contribution in [-0.4, -0.2) is 46.6 Å². The third-order valence-corrected chi connectivity index (χ3v) is 5.47. The lowest BCUT2D eigenvalue weighted by Gasteiger charge is -2.29. The molecule has 0 N–H and O–H groups in total. The van der Waals surface area contributed by atoms with Crippen LogP contribution in [0.2, 0.25) is 0 Å². The van der Waals surface area contributed by atoms with Crippen LogP contribution in [0.15, 0.2) is 42.6 Å². The van der Waals surface area contributed by atoms with Crippen molar-refractivity contribution in [3.8, 4) is 11.9 Å². The monoisotopic (exact) mass is 418 g/mol. The SMILES string of the molecule is Cc1nnnn1-c1ccc(CN2C(=S)N(c3ccc(C#N)cc3)C(=O)C2(C)C)cn1. The van der Waals surface area contributed by atoms with Crippen molar-refractivity contribution in [2.45, 2.75) is 32.9 Å². The minimum atomic E-state index is -0.823. The fourth-order valence-electron chi connectivity index (χ4n) is 3.28. The van der Waals surface area contributed by atoms with E-state index in [2.05, 4.69) is 26.6 Å². The molecule has 0 unspecified atom stereocenters. The van der Waals surface area contributed by atoms with E-state index >= 15 is 0 Å². The summed E-state index contributed by atoms with van der Waals surface area (Å²) in [5.41, 5.74) is 1.24. The molecule has 3 aromatic rings. The first-order valence-electron chi connectivity index (χ1n) is 9.19. The Bertz CT molecular complexity index is 1160. The zero-order valence-electron chi connectivity index (χ0n) is 16.6. The van der Waals surface area contributed by atoms with Crippen molar-refractivity contribution >= 4 is 28.9 Å². The standard InChI is InChI=1S/C20H18N8OS/c1-13-23-24-25-28(13)17-9-6-15(11-22-17)12-26-19(30)27(18(29)20(26,2)3)16-7-4-14(10-21)5-8-16/h4-9,11H,12H2,1-3H3. The number of carbonyl (C=O) groups is 1. The van der Waals surface area contributed by atoms with Crippen molar-refractivity contribution in [3.63, 3.8) is 0 Å². The van der Waals surface area contributed by atoms with Crippen molar-refractivity contribution in [2.75, 3.05) is 4.90 Å². The van der Waals surface area contributed by atoms with E-state index < -0.39 is 5.54 Å². The molecule has 1 aliphatic heterocycles. The number of rotatable bonds is 4. The Hall–Kier alpha value is -3.71. The Morgan fingerprint density at radius 3 is 2.47 bits per heavy atom. The van der Waals surface area contributed by atoms with E-state index in [-0.39, 0.29) is 5.91 Å². The van der Waals surface area contributed by atoms with E-state index in [0.29, 0.717) is 34.6 Å². The summed E-state index contributed by atoms with van der Waals surface area (Å²) >= 11 is 5.65. The minimum absolute atomic E-state index is 0.119. The van der Waals surface area contributed by atoms with E-state index in [4.69, 9.17) is 17.5 Å². The van der Waals surface area contributed by atoms with Crippen LogP contribution in [0.25, 0.3) is 5.82 Å². The molecule has 150 valence electrons. The molecule has 1 aliphatic rings. The van der Waals surface area contributed by atoms with Crippen LogP contribution in [0.3, 0.4) is 0 Å². The average Bonchev–Trinajstić information content (AvgIpc) is 3.24. The van der Waals surface area contributed by atoms with Crippen molar-refractivity contribution in [1.29, 1.82) is 5.26 Å². The molecule has 10 heteroatoms. The molecule has 3 heterocycles. The highest BCUT2D eigenvalue weighted by atomic mass is 32.1. The number of nitrogens with zero attached hydrogens (tertiary/aromatic N) is 8. The molecule has 0 atom stereocenters. The van der Waals surface area contributed by atoms with Gasteiger partial charge in [-0.2, -0.15) is 9.94 Å². The van der Waals surface area contributed by atoms with Gasteiger partial charge in [0.05, 0.1) is 17.3 Å². The molecule has 0 spiro atoms.